The zero-order valence-electron chi connectivity index (χ0n) is 65.6. The number of fused-ring (bicyclic) bond motifs is 2. The van der Waals surface area contributed by atoms with E-state index in [1.807, 2.05) is 38.1 Å². The third kappa shape index (κ3) is 22.5. The molecule has 119 heavy (non-hydrogen) atoms. The van der Waals surface area contributed by atoms with Crippen molar-refractivity contribution in [3.8, 4) is 62.9 Å². The van der Waals surface area contributed by atoms with Crippen molar-refractivity contribution in [2.75, 3.05) is 20.7 Å². The summed E-state index contributed by atoms with van der Waals surface area (Å²) in [4.78, 5) is 112. The number of aliphatic carboxylic acids is 1. The highest BCUT2D eigenvalue weighted by atomic mass is 35.5. The van der Waals surface area contributed by atoms with E-state index >= 15 is 0 Å². The van der Waals surface area contributed by atoms with Crippen LogP contribution in [0.1, 0.15) is 124 Å². The lowest BCUT2D eigenvalue weighted by Crippen LogP contribution is -2.64. The molecule has 0 radical (unpaired) electrons. The summed E-state index contributed by atoms with van der Waals surface area (Å²) in [5.74, 6) is -13.3. The first-order valence-corrected chi connectivity index (χ1v) is 39.2. The number of halogens is 3. The number of hydrogen-bond acceptors (Lipinski definition) is 25. The van der Waals surface area contributed by atoms with E-state index in [1.54, 1.807) is 38.1 Å². The van der Waals surface area contributed by atoms with Crippen LogP contribution in [0.3, 0.4) is 0 Å². The van der Waals surface area contributed by atoms with Crippen LogP contribution in [0.5, 0.6) is 51.7 Å². The molecule has 20 N–H and O–H groups in total. The number of hydrogen-bond donors (Lipinski definition) is 19. The molecule has 7 amide bonds. The smallest absolute Gasteiger partial charge is 0.330 e. The minimum Gasteiger partial charge on any atom is -0.508 e. The predicted octanol–water partition coefficient (Wildman–Crippen LogP) is 5.80. The number of aliphatic hydroxyl groups excluding tert-OH is 6. The van der Waals surface area contributed by atoms with Gasteiger partial charge in [-0.05, 0) is 153 Å². The van der Waals surface area contributed by atoms with Crippen LogP contribution in [0.15, 0.2) is 133 Å². The van der Waals surface area contributed by atoms with Crippen LogP contribution >= 0.6 is 34.8 Å². The molecule has 0 spiro atoms. The minimum absolute atomic E-state index is 0.0335. The summed E-state index contributed by atoms with van der Waals surface area (Å²) in [6.07, 6.45) is -15.4. The highest BCUT2D eigenvalue weighted by Crippen LogP contribution is 2.49. The Hall–Kier alpha value is -10.6. The first-order valence-electron chi connectivity index (χ1n) is 38.0. The van der Waals surface area contributed by atoms with Crippen molar-refractivity contribution >= 4 is 82.1 Å². The van der Waals surface area contributed by atoms with Crippen LogP contribution in [-0.4, -0.2) is 192 Å². The summed E-state index contributed by atoms with van der Waals surface area (Å²) < 4.78 is 39.0. The Balaban J connectivity index is 1.03. The van der Waals surface area contributed by atoms with E-state index in [4.69, 9.17) is 69.0 Å². The lowest BCUT2D eigenvalue weighted by atomic mass is 9.80. The van der Waals surface area contributed by atoms with Crippen molar-refractivity contribution in [2.45, 2.75) is 177 Å². The molecule has 1 saturated heterocycles. The highest BCUT2D eigenvalue weighted by molar-refractivity contribution is 6.32. The number of carboxylic acid groups (broad SMARTS) is 1. The van der Waals surface area contributed by atoms with Crippen molar-refractivity contribution in [1.82, 2.24) is 42.5 Å². The standard InChI is InChI=1S/C83H96Cl3N9O24/c1-38(2)25-54(88-6)78(108)95-70-71(103)45-17-24-60(53(86)28-45)117-62-10-8-9-61(74(62)118-63-29-46(36-96)72(104)73(105)75(63)119-66-34-83(5,76(106)40(4)115-66)90-35-41-13-20-49(21-14-41)114-37-42-11-18-47(84)19-12-42)116-59-23-16-43(27-52(59)85)57(99)33-65(102)93-69(82(112)113)51-30-48(97)31-58(100)67(51)50-26-44(15-22-56(50)98)68(80(110)89-7)94-77(107)39(3)91-79(109)55(32-64(87)101)92-81(70)111/h8-24,26-28,30-31,38-40,46,54-55,57,63,66,68-73,75-76,88,90,96-100,103-106H,25,29,32-37H2,1-7H3,(H2,87,101)(H,89,110)(H,91,109)(H,92,111)(H,93,102)(H,94,107)(H,95,108)(H,112,113)/t39-,40?,46?,54-,55+,57+,63?,66?,68?,69-,70-,71-,72?,73?,75?,76?,83?/m1/s1. The zero-order chi connectivity index (χ0) is 86.6. The molecule has 638 valence electrons. The molecule has 17 atom stereocenters. The Labute approximate surface area is 698 Å². The molecule has 10 unspecified atom stereocenters. The van der Waals surface area contributed by atoms with Crippen LogP contribution in [0.4, 0.5) is 0 Å². The number of para-hydroxylation sites is 1. The highest BCUT2D eigenvalue weighted by Gasteiger charge is 2.51. The summed E-state index contributed by atoms with van der Waals surface area (Å²) >= 11 is 20.2. The van der Waals surface area contributed by atoms with Gasteiger partial charge >= 0.3 is 5.97 Å². The predicted molar refractivity (Wildman–Crippen MR) is 431 cm³/mol. The molecule has 0 aromatic heterocycles. The number of ether oxygens (including phenoxy) is 6. The van der Waals surface area contributed by atoms with E-state index in [2.05, 4.69) is 42.5 Å². The molecule has 33 nitrogen and oxygen atoms in total. The zero-order valence-corrected chi connectivity index (χ0v) is 67.8. The molecular weight excluding hydrogens is 1610 g/mol. The number of aromatic hydroxyl groups is 3. The van der Waals surface area contributed by atoms with Gasteiger partial charge in [-0.1, -0.05) is 97.2 Å². The molecular formula is C83H96Cl3N9O24. The van der Waals surface area contributed by atoms with Crippen molar-refractivity contribution in [3.63, 3.8) is 0 Å². The number of carbonyl (C=O) groups excluding carboxylic acids is 7. The van der Waals surface area contributed by atoms with Gasteiger partial charge in [-0.25, -0.2) is 4.79 Å². The Bertz CT molecular complexity index is 4840. The fraction of sp³-hybridized carbons (Fsp3) is 0.398. The molecule has 5 aliphatic rings. The summed E-state index contributed by atoms with van der Waals surface area (Å²) in [6.45, 7) is 8.07. The second kappa shape index (κ2) is 40.0. The van der Waals surface area contributed by atoms with Crippen LogP contribution < -0.4 is 67.2 Å². The van der Waals surface area contributed by atoms with Crippen molar-refractivity contribution in [1.29, 1.82) is 0 Å². The molecule has 2 fully saturated rings. The van der Waals surface area contributed by atoms with Crippen LogP contribution in [0.2, 0.25) is 15.1 Å². The van der Waals surface area contributed by atoms with Gasteiger partial charge < -0.3 is 128 Å². The lowest BCUT2D eigenvalue weighted by Gasteiger charge is -2.48. The number of likely N-dealkylation sites (N-methyl/N-ethyl adjacent to an activating group) is 2. The summed E-state index contributed by atoms with van der Waals surface area (Å²) in [5, 5.41) is 136. The number of phenolic OH excluding ortho intramolecular Hbond substituents is 3. The number of aliphatic hydroxyl groups is 6. The molecule has 1 aliphatic carbocycles. The Morgan fingerprint density at radius 2 is 1.34 bits per heavy atom. The van der Waals surface area contributed by atoms with Crippen molar-refractivity contribution < 1.29 is 118 Å². The lowest BCUT2D eigenvalue weighted by molar-refractivity contribution is -0.289. The molecule has 7 aromatic carbocycles. The number of primary amides is 1. The van der Waals surface area contributed by atoms with E-state index in [0.29, 0.717) is 17.4 Å². The van der Waals surface area contributed by atoms with Crippen LogP contribution in [-0.2, 0) is 61.0 Å². The minimum atomic E-state index is -2.19. The van der Waals surface area contributed by atoms with E-state index in [-0.39, 0.29) is 87.2 Å². The molecule has 8 bridgehead atoms. The topological polar surface area (TPSA) is 517 Å². The van der Waals surface area contributed by atoms with Gasteiger partial charge in [-0.15, -0.1) is 0 Å². The molecule has 1 saturated carbocycles. The van der Waals surface area contributed by atoms with Crippen LogP contribution in [0.25, 0.3) is 11.1 Å². The number of amides is 7. The van der Waals surface area contributed by atoms with Gasteiger partial charge in [-0.2, -0.15) is 0 Å². The Morgan fingerprint density at radius 1 is 0.706 bits per heavy atom. The second-order valence-corrected chi connectivity index (χ2v) is 31.3. The maximum Gasteiger partial charge on any atom is 0.330 e. The summed E-state index contributed by atoms with van der Waals surface area (Å²) in [7, 11) is 2.68. The number of carboxylic acids is 1. The van der Waals surface area contributed by atoms with Crippen LogP contribution in [0, 0.1) is 11.8 Å². The number of benzene rings is 7. The van der Waals surface area contributed by atoms with E-state index in [1.165, 1.54) is 74.8 Å². The molecule has 7 aromatic rings. The van der Waals surface area contributed by atoms with Gasteiger partial charge in [-0.3, -0.25) is 33.6 Å². The first-order chi connectivity index (χ1) is 56.5. The quantitative estimate of drug-likeness (QED) is 0.0428. The van der Waals surface area contributed by atoms with Gasteiger partial charge in [0.2, 0.25) is 47.1 Å². The molecule has 36 heteroatoms. The largest absolute Gasteiger partial charge is 0.508 e. The van der Waals surface area contributed by atoms with E-state index in [0.717, 1.165) is 42.3 Å². The molecule has 4 aliphatic heterocycles. The number of phenols is 3. The van der Waals surface area contributed by atoms with Gasteiger partial charge in [0.15, 0.2) is 23.8 Å². The van der Waals surface area contributed by atoms with Gasteiger partial charge in [0.25, 0.3) is 0 Å². The third-order valence-electron chi connectivity index (χ3n) is 20.7. The molecule has 12 rings (SSSR count). The first kappa shape index (κ1) is 90.7. The monoisotopic (exact) mass is 1710 g/mol. The number of rotatable bonds is 20. The Kier molecular flexibility index (Phi) is 30.5. The van der Waals surface area contributed by atoms with E-state index in [9.17, 15) is 89.4 Å². The van der Waals surface area contributed by atoms with Crippen molar-refractivity contribution in [2.24, 2.45) is 17.6 Å². The maximum atomic E-state index is 14.9. The van der Waals surface area contributed by atoms with Gasteiger partial charge in [0, 0.05) is 65.9 Å². The number of nitrogens with two attached hydrogens (primary N) is 1. The summed E-state index contributed by atoms with van der Waals surface area (Å²) in [5.41, 5.74) is 4.38. The number of nitrogens with one attached hydrogen (secondary N) is 8. The van der Waals surface area contributed by atoms with Gasteiger partial charge in [0.05, 0.1) is 53.3 Å². The second-order valence-electron chi connectivity index (χ2n) is 30.0. The summed E-state index contributed by atoms with van der Waals surface area (Å²) in [6, 6.07) is 20.7. The number of carbonyl (C=O) groups is 8. The average Bonchev–Trinajstić information content (AvgIpc) is 0.776. The average molecular weight is 1710 g/mol. The molecule has 4 heterocycles. The third-order valence-corrected chi connectivity index (χ3v) is 21.6. The van der Waals surface area contributed by atoms with E-state index < -0.39 is 204 Å². The van der Waals surface area contributed by atoms with Gasteiger partial charge in [0.1, 0.15) is 89.7 Å². The normalized spacial score (nSPS) is 25.5. The SMILES string of the molecule is CNC(=O)C1NC(=O)[C@@H](C)NC(=O)[C@H](CC(N)=O)NC(=O)[C@H](NC(=O)[C@@H](CC(C)C)NC)[C@H](O)c2ccc(c(Cl)c2)Oc2cccc(c2OC2CC(CO)C(O)C(O)C2OC2CC(C)(NCc3ccc(OCc4ccc(Cl)cc4)cc3)C(O)C(C)O2)Oc2ccc(cc2Cl)[C@@H](O)CC(=O)N[C@@H](C(=O)O)c2cc(O)cc(O)c2-c2cc1ccc2O. The fourth-order valence-corrected chi connectivity index (χ4v) is 14.8. The Morgan fingerprint density at radius 3 is 1.96 bits per heavy atom. The van der Waals surface area contributed by atoms with Crippen molar-refractivity contribution in [3.05, 3.63) is 182 Å². The fourth-order valence-electron chi connectivity index (χ4n) is 14.2. The maximum absolute atomic E-state index is 14.9.